The van der Waals surface area contributed by atoms with E-state index in [1.165, 1.54) is 17.7 Å². The minimum absolute atomic E-state index is 0.127. The number of fused-ring (bicyclic) bond motifs is 2. The fraction of sp³-hybridized carbons (Fsp3) is 0.500. The highest BCUT2D eigenvalue weighted by molar-refractivity contribution is 5.83. The molecular formula is C30H39FN2O3. The van der Waals surface area contributed by atoms with Crippen LogP contribution in [0.2, 0.25) is 0 Å². The smallest absolute Gasteiger partial charge is 0.223 e. The second-order valence-corrected chi connectivity index (χ2v) is 10.9. The monoisotopic (exact) mass is 494 g/mol. The van der Waals surface area contributed by atoms with E-state index in [0.29, 0.717) is 25.3 Å². The summed E-state index contributed by atoms with van der Waals surface area (Å²) in [7, 11) is 3.58. The Hall–Kier alpha value is -2.86. The van der Waals surface area contributed by atoms with Gasteiger partial charge in [0.15, 0.2) is 0 Å². The molecule has 2 heterocycles. The van der Waals surface area contributed by atoms with Crippen LogP contribution in [0.5, 0.6) is 11.5 Å². The van der Waals surface area contributed by atoms with Crippen LogP contribution in [0.15, 0.2) is 42.0 Å². The Kier molecular flexibility index (Phi) is 7.74. The van der Waals surface area contributed by atoms with Crippen LogP contribution in [0.25, 0.3) is 5.57 Å². The third kappa shape index (κ3) is 5.59. The molecule has 1 unspecified atom stereocenters. The Morgan fingerprint density at radius 3 is 2.61 bits per heavy atom. The average molecular weight is 495 g/mol. The average Bonchev–Trinajstić information content (AvgIpc) is 2.83. The number of amides is 1. The molecular weight excluding hydrogens is 455 g/mol. The van der Waals surface area contributed by atoms with Crippen molar-refractivity contribution < 1.29 is 19.0 Å². The van der Waals surface area contributed by atoms with Crippen molar-refractivity contribution >= 4 is 11.5 Å². The van der Waals surface area contributed by atoms with Gasteiger partial charge in [0.25, 0.3) is 0 Å². The molecule has 0 spiro atoms. The van der Waals surface area contributed by atoms with Gasteiger partial charge < -0.3 is 14.7 Å². The fourth-order valence-electron chi connectivity index (χ4n) is 5.50. The van der Waals surface area contributed by atoms with E-state index >= 15 is 0 Å². The Morgan fingerprint density at radius 2 is 1.92 bits per heavy atom. The van der Waals surface area contributed by atoms with Crippen molar-refractivity contribution in [2.75, 3.05) is 33.7 Å². The van der Waals surface area contributed by atoms with Gasteiger partial charge in [-0.1, -0.05) is 25.1 Å². The molecule has 2 aliphatic rings. The first-order valence-corrected chi connectivity index (χ1v) is 13.0. The number of phenolic OH excluding ortho intramolecular Hbond substituents is 1. The van der Waals surface area contributed by atoms with Crippen molar-refractivity contribution in [1.82, 2.24) is 9.80 Å². The van der Waals surface area contributed by atoms with Gasteiger partial charge >= 0.3 is 0 Å². The highest BCUT2D eigenvalue weighted by Gasteiger charge is 2.39. The van der Waals surface area contributed by atoms with Crippen molar-refractivity contribution in [3.63, 3.8) is 0 Å². The van der Waals surface area contributed by atoms with E-state index in [1.54, 1.807) is 19.0 Å². The van der Waals surface area contributed by atoms with Crippen LogP contribution in [-0.2, 0) is 11.2 Å². The topological polar surface area (TPSA) is 53.0 Å². The number of hydrogen-bond acceptors (Lipinski definition) is 4. The summed E-state index contributed by atoms with van der Waals surface area (Å²) in [6.45, 7) is 8.62. The summed E-state index contributed by atoms with van der Waals surface area (Å²) < 4.78 is 19.6. The van der Waals surface area contributed by atoms with Crippen molar-refractivity contribution in [2.24, 2.45) is 0 Å². The first-order valence-electron chi connectivity index (χ1n) is 13.0. The quantitative estimate of drug-likeness (QED) is 0.507. The molecule has 6 heteroatoms. The third-order valence-electron chi connectivity index (χ3n) is 7.68. The zero-order valence-electron chi connectivity index (χ0n) is 22.2. The largest absolute Gasteiger partial charge is 0.507 e. The zero-order chi connectivity index (χ0) is 26.0. The van der Waals surface area contributed by atoms with Crippen LogP contribution in [-0.4, -0.2) is 60.1 Å². The van der Waals surface area contributed by atoms with Gasteiger partial charge in [0.1, 0.15) is 22.9 Å². The van der Waals surface area contributed by atoms with E-state index in [9.17, 15) is 14.3 Å². The molecule has 1 amide bonds. The predicted octanol–water partition coefficient (Wildman–Crippen LogP) is 5.77. The summed E-state index contributed by atoms with van der Waals surface area (Å²) in [5.41, 5.74) is 4.82. The molecule has 0 fully saturated rings. The minimum Gasteiger partial charge on any atom is -0.507 e. The Morgan fingerprint density at radius 1 is 1.19 bits per heavy atom. The van der Waals surface area contributed by atoms with Crippen LogP contribution in [0.4, 0.5) is 4.39 Å². The number of carbonyl (C=O) groups is 1. The maximum atomic E-state index is 13.2. The second kappa shape index (κ2) is 10.6. The Bertz CT molecular complexity index is 1140. The van der Waals surface area contributed by atoms with Crippen molar-refractivity contribution in [3.8, 4) is 11.5 Å². The van der Waals surface area contributed by atoms with E-state index in [-0.39, 0.29) is 17.6 Å². The van der Waals surface area contributed by atoms with Crippen molar-refractivity contribution in [1.29, 1.82) is 0 Å². The molecule has 194 valence electrons. The zero-order valence-corrected chi connectivity index (χ0v) is 22.2. The van der Waals surface area contributed by atoms with Gasteiger partial charge in [0.05, 0.1) is 5.56 Å². The van der Waals surface area contributed by atoms with Gasteiger partial charge in [0.2, 0.25) is 5.91 Å². The van der Waals surface area contributed by atoms with Gasteiger partial charge in [-0.3, -0.25) is 9.69 Å². The summed E-state index contributed by atoms with van der Waals surface area (Å²) in [5, 5.41) is 11.5. The number of aryl methyl sites for hydroxylation is 1. The molecule has 2 aromatic carbocycles. The number of nitrogens with zero attached hydrogens (tertiary/aromatic N) is 2. The van der Waals surface area contributed by atoms with E-state index in [1.807, 2.05) is 24.3 Å². The molecule has 0 bridgehead atoms. The number of hydrogen-bond donors (Lipinski definition) is 1. The fourth-order valence-corrected chi connectivity index (χ4v) is 5.50. The molecule has 0 radical (unpaired) electrons. The van der Waals surface area contributed by atoms with Crippen molar-refractivity contribution in [3.05, 3.63) is 64.5 Å². The van der Waals surface area contributed by atoms with E-state index in [2.05, 4.69) is 25.7 Å². The highest BCUT2D eigenvalue weighted by atomic mass is 19.1. The number of carbonyl (C=O) groups excluding carboxylic acids is 1. The van der Waals surface area contributed by atoms with Crippen LogP contribution in [0.1, 0.15) is 69.1 Å². The van der Waals surface area contributed by atoms with Crippen LogP contribution < -0.4 is 4.74 Å². The summed E-state index contributed by atoms with van der Waals surface area (Å²) in [6, 6.07) is 10.7. The van der Waals surface area contributed by atoms with E-state index < -0.39 is 5.60 Å². The van der Waals surface area contributed by atoms with Crippen molar-refractivity contribution in [2.45, 2.75) is 64.4 Å². The summed E-state index contributed by atoms with van der Waals surface area (Å²) in [5.74, 6) is 1.13. The molecule has 0 saturated carbocycles. The standard InChI is InChI=1S/C30H39FN2O3/c1-20(7-6-8-21-9-11-22(31)12-10-21)23-13-14-26-28(29(23)35)24-19-33(18-16-27(34)32(4)5)17-15-25(24)30(2,3)36-26/h9-14,20,35H,6-8,15-19H2,1-5H3. The molecule has 36 heavy (non-hydrogen) atoms. The lowest BCUT2D eigenvalue weighted by Gasteiger charge is -2.42. The number of benzene rings is 2. The highest BCUT2D eigenvalue weighted by Crippen LogP contribution is 2.50. The Labute approximate surface area is 214 Å². The third-order valence-corrected chi connectivity index (χ3v) is 7.68. The number of aromatic hydroxyl groups is 1. The normalized spacial score (nSPS) is 17.7. The maximum Gasteiger partial charge on any atom is 0.223 e. The summed E-state index contributed by atoms with van der Waals surface area (Å²) in [4.78, 5) is 16.1. The lowest BCUT2D eigenvalue weighted by molar-refractivity contribution is -0.129. The lowest BCUT2D eigenvalue weighted by atomic mass is 9.80. The molecule has 5 nitrogen and oxygen atoms in total. The number of rotatable bonds is 8. The number of phenols is 1. The molecule has 4 rings (SSSR count). The molecule has 0 saturated heterocycles. The van der Waals surface area contributed by atoms with Gasteiger partial charge in [-0.15, -0.1) is 0 Å². The van der Waals surface area contributed by atoms with E-state index in [4.69, 9.17) is 4.74 Å². The van der Waals surface area contributed by atoms with Crippen LogP contribution in [0, 0.1) is 5.82 Å². The minimum atomic E-state index is -0.428. The number of halogens is 1. The van der Waals surface area contributed by atoms with Crippen LogP contribution >= 0.6 is 0 Å². The predicted molar refractivity (Wildman–Crippen MR) is 142 cm³/mol. The molecule has 0 aromatic heterocycles. The Balaban J connectivity index is 1.53. The first-order chi connectivity index (χ1) is 17.1. The molecule has 1 N–H and O–H groups in total. The maximum absolute atomic E-state index is 13.2. The second-order valence-electron chi connectivity index (χ2n) is 10.9. The summed E-state index contributed by atoms with van der Waals surface area (Å²) in [6.07, 6.45) is 4.09. The van der Waals surface area contributed by atoms with Gasteiger partial charge in [-0.2, -0.15) is 0 Å². The van der Waals surface area contributed by atoms with Gasteiger partial charge in [-0.25, -0.2) is 4.39 Å². The van der Waals surface area contributed by atoms with Crippen LogP contribution in [0.3, 0.4) is 0 Å². The molecule has 2 aliphatic heterocycles. The molecule has 0 aliphatic carbocycles. The van der Waals surface area contributed by atoms with E-state index in [0.717, 1.165) is 60.2 Å². The summed E-state index contributed by atoms with van der Waals surface area (Å²) >= 11 is 0. The lowest BCUT2D eigenvalue weighted by Crippen LogP contribution is -2.43. The van der Waals surface area contributed by atoms with Gasteiger partial charge in [0, 0.05) is 40.2 Å². The number of ether oxygens (including phenoxy) is 1. The first kappa shape index (κ1) is 26.2. The molecule has 2 aromatic rings. The molecule has 1 atom stereocenters. The van der Waals surface area contributed by atoms with Gasteiger partial charge in [-0.05, 0) is 85.9 Å². The SMILES string of the molecule is CC(CCCc1ccc(F)cc1)c1ccc2c(c1O)C1=C(CCN(CCC(=O)N(C)C)C1)C(C)(C)O2.